The zero-order valence-electron chi connectivity index (χ0n) is 13.0. The molecule has 1 rings (SSSR count). The summed E-state index contributed by atoms with van der Waals surface area (Å²) in [6.45, 7) is 5.52. The number of carboxylic acids is 1. The molecule has 0 aromatic heterocycles. The highest BCUT2D eigenvalue weighted by atomic mass is 16.4. The predicted octanol–water partition coefficient (Wildman–Crippen LogP) is 1.77. The van der Waals surface area contributed by atoms with Crippen molar-refractivity contribution in [3.8, 4) is 0 Å². The molecule has 0 saturated carbocycles. The highest BCUT2D eigenvalue weighted by molar-refractivity contribution is 5.91. The number of rotatable bonds is 7. The summed E-state index contributed by atoms with van der Waals surface area (Å²) in [6, 6.07) is 7.04. The number of hydrogen-bond donors (Lipinski definition) is 3. The fourth-order valence-corrected chi connectivity index (χ4v) is 1.96. The smallest absolute Gasteiger partial charge is 0.331 e. The number of nitrogens with one attached hydrogen (secondary N) is 1. The van der Waals surface area contributed by atoms with Crippen LogP contribution >= 0.6 is 0 Å². The van der Waals surface area contributed by atoms with E-state index in [-0.39, 0.29) is 18.0 Å². The maximum atomic E-state index is 11.3. The van der Waals surface area contributed by atoms with Crippen molar-refractivity contribution in [3.05, 3.63) is 35.4 Å². The second kappa shape index (κ2) is 8.19. The van der Waals surface area contributed by atoms with E-state index in [2.05, 4.69) is 5.32 Å². The van der Waals surface area contributed by atoms with Crippen LogP contribution in [0.2, 0.25) is 0 Å². The van der Waals surface area contributed by atoms with E-state index in [0.717, 1.165) is 5.56 Å². The highest BCUT2D eigenvalue weighted by Gasteiger charge is 2.12. The number of carboxylic acid groups (broad SMARTS) is 1. The molecular weight excluding hydrogens is 284 g/mol. The molecule has 0 bridgehead atoms. The van der Waals surface area contributed by atoms with Gasteiger partial charge >= 0.3 is 5.97 Å². The van der Waals surface area contributed by atoms with Gasteiger partial charge in [-0.15, -0.1) is 0 Å². The summed E-state index contributed by atoms with van der Waals surface area (Å²) in [4.78, 5) is 23.7. The van der Waals surface area contributed by atoms with Gasteiger partial charge in [0.2, 0.25) is 5.91 Å². The molecule has 6 heteroatoms. The van der Waals surface area contributed by atoms with Gasteiger partial charge in [0, 0.05) is 24.7 Å². The third kappa shape index (κ3) is 5.57. The van der Waals surface area contributed by atoms with Crippen LogP contribution < -0.4 is 5.32 Å². The molecule has 0 aliphatic heterocycles. The minimum Gasteiger partial charge on any atom is -0.478 e. The minimum atomic E-state index is -0.974. The first-order chi connectivity index (χ1) is 10.3. The van der Waals surface area contributed by atoms with E-state index < -0.39 is 12.2 Å². The number of aliphatic hydroxyl groups excluding tert-OH is 1. The van der Waals surface area contributed by atoms with E-state index in [1.165, 1.54) is 18.7 Å². The van der Waals surface area contributed by atoms with Crippen LogP contribution in [0.1, 0.15) is 26.3 Å². The standard InChI is InChI=1S/C16H22N2O4/c1-4-18(12(3)19)10-15(20)17-14-7-5-6-13(9-14)8-11(2)16(21)22/h5-9,15,17,20H,4,10H2,1-3H3,(H,21,22)/b11-8+. The number of aliphatic carboxylic acids is 1. The van der Waals surface area contributed by atoms with Crippen LogP contribution in [0.25, 0.3) is 6.08 Å². The first kappa shape index (κ1) is 17.7. The van der Waals surface area contributed by atoms with Crippen LogP contribution in [0.15, 0.2) is 29.8 Å². The zero-order chi connectivity index (χ0) is 16.7. The van der Waals surface area contributed by atoms with Gasteiger partial charge < -0.3 is 20.4 Å². The summed E-state index contributed by atoms with van der Waals surface area (Å²) in [5.74, 6) is -1.07. The van der Waals surface area contributed by atoms with E-state index in [1.54, 1.807) is 30.3 Å². The molecule has 1 atom stereocenters. The molecule has 0 spiro atoms. The van der Waals surface area contributed by atoms with Crippen molar-refractivity contribution in [2.45, 2.75) is 27.0 Å². The Hall–Kier alpha value is -2.34. The quantitative estimate of drug-likeness (QED) is 0.528. The average Bonchev–Trinajstić information content (AvgIpc) is 2.44. The second-order valence-corrected chi connectivity index (χ2v) is 4.98. The first-order valence-corrected chi connectivity index (χ1v) is 7.05. The third-order valence-electron chi connectivity index (χ3n) is 3.16. The van der Waals surface area contributed by atoms with Crippen LogP contribution in [0, 0.1) is 0 Å². The Labute approximate surface area is 130 Å². The monoisotopic (exact) mass is 306 g/mol. The van der Waals surface area contributed by atoms with Crippen LogP contribution in [-0.2, 0) is 9.59 Å². The average molecular weight is 306 g/mol. The fraction of sp³-hybridized carbons (Fsp3) is 0.375. The number of anilines is 1. The van der Waals surface area contributed by atoms with E-state index >= 15 is 0 Å². The Morgan fingerprint density at radius 1 is 1.36 bits per heavy atom. The number of nitrogens with zero attached hydrogens (tertiary/aromatic N) is 1. The molecule has 0 fully saturated rings. The lowest BCUT2D eigenvalue weighted by Gasteiger charge is -2.23. The SMILES string of the molecule is CCN(CC(O)Nc1cccc(/C=C(\C)C(=O)O)c1)C(C)=O. The predicted molar refractivity (Wildman–Crippen MR) is 85.3 cm³/mol. The molecule has 0 aliphatic rings. The van der Waals surface area contributed by atoms with Crippen LogP contribution in [0.5, 0.6) is 0 Å². The molecule has 0 heterocycles. The van der Waals surface area contributed by atoms with E-state index in [1.807, 2.05) is 6.92 Å². The number of likely N-dealkylation sites (N-methyl/N-ethyl adjacent to an activating group) is 1. The molecule has 120 valence electrons. The molecule has 1 amide bonds. The van der Waals surface area contributed by atoms with Crippen molar-refractivity contribution in [2.24, 2.45) is 0 Å². The molecule has 0 aliphatic carbocycles. The van der Waals surface area contributed by atoms with Crippen molar-refractivity contribution in [3.63, 3.8) is 0 Å². The third-order valence-corrected chi connectivity index (χ3v) is 3.16. The summed E-state index contributed by atoms with van der Waals surface area (Å²) in [5, 5.41) is 21.8. The number of hydrogen-bond acceptors (Lipinski definition) is 4. The van der Waals surface area contributed by atoms with Gasteiger partial charge in [0.15, 0.2) is 0 Å². The molecule has 0 saturated heterocycles. The van der Waals surface area contributed by atoms with Crippen LogP contribution in [0.3, 0.4) is 0 Å². The van der Waals surface area contributed by atoms with Gasteiger partial charge in [-0.1, -0.05) is 12.1 Å². The van der Waals surface area contributed by atoms with Crippen molar-refractivity contribution in [2.75, 3.05) is 18.4 Å². The Kier molecular flexibility index (Phi) is 6.59. The second-order valence-electron chi connectivity index (χ2n) is 4.98. The molecule has 0 radical (unpaired) electrons. The van der Waals surface area contributed by atoms with E-state index in [0.29, 0.717) is 12.2 Å². The van der Waals surface area contributed by atoms with Gasteiger partial charge in [0.25, 0.3) is 0 Å². The van der Waals surface area contributed by atoms with Crippen molar-refractivity contribution in [1.29, 1.82) is 0 Å². The molecule has 6 nitrogen and oxygen atoms in total. The minimum absolute atomic E-state index is 0.0999. The van der Waals surface area contributed by atoms with Crippen LogP contribution in [0.4, 0.5) is 5.69 Å². The molecule has 1 aromatic carbocycles. The van der Waals surface area contributed by atoms with Gasteiger partial charge in [-0.2, -0.15) is 0 Å². The Balaban J connectivity index is 2.76. The first-order valence-electron chi connectivity index (χ1n) is 7.05. The van der Waals surface area contributed by atoms with Crippen molar-refractivity contribution >= 4 is 23.6 Å². The van der Waals surface area contributed by atoms with Gasteiger partial charge in [0.1, 0.15) is 6.23 Å². The molecule has 22 heavy (non-hydrogen) atoms. The molecule has 3 N–H and O–H groups in total. The Bertz CT molecular complexity index is 569. The maximum absolute atomic E-state index is 11.3. The lowest BCUT2D eigenvalue weighted by atomic mass is 10.1. The largest absolute Gasteiger partial charge is 0.478 e. The number of carbonyl (C=O) groups is 2. The summed E-state index contributed by atoms with van der Waals surface area (Å²) in [6.07, 6.45) is 0.650. The summed E-state index contributed by atoms with van der Waals surface area (Å²) in [7, 11) is 0. The number of aliphatic hydroxyl groups is 1. The Morgan fingerprint density at radius 3 is 2.59 bits per heavy atom. The topological polar surface area (TPSA) is 89.9 Å². The van der Waals surface area contributed by atoms with Crippen molar-refractivity contribution < 1.29 is 19.8 Å². The molecule has 1 unspecified atom stereocenters. The molecule has 1 aromatic rings. The number of benzene rings is 1. The zero-order valence-corrected chi connectivity index (χ0v) is 13.0. The van der Waals surface area contributed by atoms with Gasteiger partial charge in [-0.05, 0) is 37.6 Å². The van der Waals surface area contributed by atoms with E-state index in [4.69, 9.17) is 5.11 Å². The Morgan fingerprint density at radius 2 is 2.05 bits per heavy atom. The number of carbonyl (C=O) groups excluding carboxylic acids is 1. The molecular formula is C16H22N2O4. The van der Waals surface area contributed by atoms with Gasteiger partial charge in [-0.3, -0.25) is 4.79 Å². The van der Waals surface area contributed by atoms with Crippen LogP contribution in [-0.4, -0.2) is 46.3 Å². The van der Waals surface area contributed by atoms with Gasteiger partial charge in [-0.25, -0.2) is 4.79 Å². The number of amides is 1. The van der Waals surface area contributed by atoms with Gasteiger partial charge in [0.05, 0.1) is 6.54 Å². The maximum Gasteiger partial charge on any atom is 0.331 e. The van der Waals surface area contributed by atoms with Crippen molar-refractivity contribution in [1.82, 2.24) is 4.90 Å². The summed E-state index contributed by atoms with van der Waals surface area (Å²) >= 11 is 0. The normalized spacial score (nSPS) is 12.6. The van der Waals surface area contributed by atoms with E-state index in [9.17, 15) is 14.7 Å². The highest BCUT2D eigenvalue weighted by Crippen LogP contribution is 2.14. The lowest BCUT2D eigenvalue weighted by molar-refractivity contribution is -0.132. The summed E-state index contributed by atoms with van der Waals surface area (Å²) in [5.41, 5.74) is 1.60. The summed E-state index contributed by atoms with van der Waals surface area (Å²) < 4.78 is 0. The lowest BCUT2D eigenvalue weighted by Crippen LogP contribution is -2.39. The fourth-order valence-electron chi connectivity index (χ4n) is 1.96.